The molecule has 26 heavy (non-hydrogen) atoms. The standard InChI is InChI=1S/C21H21ClN2O2/c1-13-2-3-15(14-4-6-16(22)7-5-14)12-17(13)18-19(25)21(24-20(18)26)8-10-23-11-9-21/h2-7,12,18,23H,8-11H2,1H3,(H,24,26). The van der Waals surface area contributed by atoms with E-state index in [2.05, 4.69) is 10.6 Å². The van der Waals surface area contributed by atoms with Crippen molar-refractivity contribution in [2.24, 2.45) is 0 Å². The van der Waals surface area contributed by atoms with E-state index in [9.17, 15) is 9.59 Å². The van der Waals surface area contributed by atoms with Crippen molar-refractivity contribution in [3.05, 3.63) is 58.6 Å². The maximum Gasteiger partial charge on any atom is 0.235 e. The number of nitrogens with one attached hydrogen (secondary N) is 2. The third kappa shape index (κ3) is 2.83. The first kappa shape index (κ1) is 17.3. The van der Waals surface area contributed by atoms with Crippen LogP contribution in [-0.2, 0) is 9.59 Å². The topological polar surface area (TPSA) is 58.2 Å². The Kier molecular flexibility index (Phi) is 4.33. The van der Waals surface area contributed by atoms with E-state index in [1.54, 1.807) is 0 Å². The molecule has 2 saturated heterocycles. The van der Waals surface area contributed by atoms with Gasteiger partial charge >= 0.3 is 0 Å². The number of aryl methyl sites for hydroxylation is 1. The second kappa shape index (κ2) is 6.53. The molecule has 2 heterocycles. The summed E-state index contributed by atoms with van der Waals surface area (Å²) in [4.78, 5) is 25.9. The Bertz CT molecular complexity index is 870. The van der Waals surface area contributed by atoms with Gasteiger partial charge in [0.1, 0.15) is 11.5 Å². The summed E-state index contributed by atoms with van der Waals surface area (Å²) in [6.07, 6.45) is 1.31. The van der Waals surface area contributed by atoms with Crippen LogP contribution in [0.25, 0.3) is 11.1 Å². The summed E-state index contributed by atoms with van der Waals surface area (Å²) < 4.78 is 0. The molecule has 0 aromatic heterocycles. The molecule has 2 aliphatic rings. The highest BCUT2D eigenvalue weighted by Gasteiger charge is 2.53. The summed E-state index contributed by atoms with van der Waals surface area (Å²) in [5.41, 5.74) is 3.06. The number of hydrogen-bond donors (Lipinski definition) is 2. The summed E-state index contributed by atoms with van der Waals surface area (Å²) in [5, 5.41) is 6.95. The van der Waals surface area contributed by atoms with Gasteiger partial charge in [0.15, 0.2) is 5.78 Å². The van der Waals surface area contributed by atoms with Gasteiger partial charge in [-0.25, -0.2) is 0 Å². The lowest BCUT2D eigenvalue weighted by Gasteiger charge is -2.32. The maximum atomic E-state index is 13.2. The highest BCUT2D eigenvalue weighted by molar-refractivity contribution is 6.30. The molecule has 1 atom stereocenters. The minimum absolute atomic E-state index is 0.0142. The predicted molar refractivity (Wildman–Crippen MR) is 102 cm³/mol. The smallest absolute Gasteiger partial charge is 0.235 e. The second-order valence-electron chi connectivity index (χ2n) is 7.20. The molecule has 5 heteroatoms. The molecule has 4 nitrogen and oxygen atoms in total. The van der Waals surface area contributed by atoms with Crippen LogP contribution in [0.2, 0.25) is 5.02 Å². The molecule has 4 rings (SSSR count). The van der Waals surface area contributed by atoms with Crippen molar-refractivity contribution in [3.63, 3.8) is 0 Å². The SMILES string of the molecule is Cc1ccc(-c2ccc(Cl)cc2)cc1C1C(=O)NC2(CCNCC2)C1=O. The molecule has 0 bridgehead atoms. The van der Waals surface area contributed by atoms with Crippen molar-refractivity contribution in [1.29, 1.82) is 0 Å². The number of ketones is 1. The fourth-order valence-electron chi connectivity index (χ4n) is 4.05. The number of halogens is 1. The molecule has 2 aromatic carbocycles. The van der Waals surface area contributed by atoms with Crippen molar-refractivity contribution in [1.82, 2.24) is 10.6 Å². The number of Topliss-reactive ketones (excluding diaryl/α,β-unsaturated/α-hetero) is 1. The molecule has 2 aliphatic heterocycles. The molecule has 1 amide bonds. The Hall–Kier alpha value is -2.17. The highest BCUT2D eigenvalue weighted by Crippen LogP contribution is 2.37. The lowest BCUT2D eigenvalue weighted by molar-refractivity contribution is -0.125. The zero-order valence-electron chi connectivity index (χ0n) is 14.6. The minimum atomic E-state index is -0.722. The maximum absolute atomic E-state index is 13.2. The molecule has 2 fully saturated rings. The van der Waals surface area contributed by atoms with E-state index in [4.69, 9.17) is 11.6 Å². The van der Waals surface area contributed by atoms with Gasteiger partial charge in [0, 0.05) is 5.02 Å². The van der Waals surface area contributed by atoms with E-state index in [-0.39, 0.29) is 11.7 Å². The monoisotopic (exact) mass is 368 g/mol. The lowest BCUT2D eigenvalue weighted by atomic mass is 9.80. The van der Waals surface area contributed by atoms with E-state index in [1.807, 2.05) is 49.4 Å². The predicted octanol–water partition coefficient (Wildman–Crippen LogP) is 3.22. The Morgan fingerprint density at radius 3 is 2.35 bits per heavy atom. The van der Waals surface area contributed by atoms with Gasteiger partial charge in [-0.15, -0.1) is 0 Å². The van der Waals surface area contributed by atoms with Crippen LogP contribution in [0.5, 0.6) is 0 Å². The normalized spacial score (nSPS) is 21.8. The van der Waals surface area contributed by atoms with Crippen LogP contribution in [0.15, 0.2) is 42.5 Å². The zero-order valence-corrected chi connectivity index (χ0v) is 15.4. The van der Waals surface area contributed by atoms with Gasteiger partial charge in [0.05, 0.1) is 0 Å². The molecule has 1 unspecified atom stereocenters. The van der Waals surface area contributed by atoms with Crippen molar-refractivity contribution in [2.45, 2.75) is 31.2 Å². The summed E-state index contributed by atoms with van der Waals surface area (Å²) in [5.74, 6) is -0.881. The zero-order chi connectivity index (χ0) is 18.3. The molecule has 2 aromatic rings. The van der Waals surface area contributed by atoms with Crippen LogP contribution in [0.3, 0.4) is 0 Å². The van der Waals surface area contributed by atoms with E-state index >= 15 is 0 Å². The number of benzene rings is 2. The van der Waals surface area contributed by atoms with Crippen LogP contribution < -0.4 is 10.6 Å². The highest BCUT2D eigenvalue weighted by atomic mass is 35.5. The average Bonchev–Trinajstić information content (AvgIpc) is 2.87. The van der Waals surface area contributed by atoms with Crippen molar-refractivity contribution < 1.29 is 9.59 Å². The van der Waals surface area contributed by atoms with E-state index < -0.39 is 11.5 Å². The molecule has 1 spiro atoms. The molecular formula is C21H21ClN2O2. The van der Waals surface area contributed by atoms with Crippen molar-refractivity contribution in [3.8, 4) is 11.1 Å². The van der Waals surface area contributed by atoms with Crippen LogP contribution in [0.4, 0.5) is 0 Å². The third-order valence-electron chi connectivity index (χ3n) is 5.58. The Morgan fingerprint density at radius 2 is 1.65 bits per heavy atom. The number of carbonyl (C=O) groups excluding carboxylic acids is 2. The average molecular weight is 369 g/mol. The van der Waals surface area contributed by atoms with Gasteiger partial charge in [0.25, 0.3) is 0 Å². The third-order valence-corrected chi connectivity index (χ3v) is 5.84. The first-order valence-electron chi connectivity index (χ1n) is 8.94. The number of amides is 1. The molecule has 0 radical (unpaired) electrons. The largest absolute Gasteiger partial charge is 0.343 e. The first-order chi connectivity index (χ1) is 12.5. The van der Waals surface area contributed by atoms with Crippen LogP contribution in [-0.4, -0.2) is 30.3 Å². The molecule has 2 N–H and O–H groups in total. The Labute approximate surface area is 157 Å². The van der Waals surface area contributed by atoms with Gasteiger partial charge in [-0.05, 0) is 73.3 Å². The second-order valence-corrected chi connectivity index (χ2v) is 7.63. The van der Waals surface area contributed by atoms with E-state index in [1.165, 1.54) is 0 Å². The van der Waals surface area contributed by atoms with Gasteiger partial charge in [-0.2, -0.15) is 0 Å². The summed E-state index contributed by atoms with van der Waals surface area (Å²) in [6, 6.07) is 13.5. The molecular weight excluding hydrogens is 348 g/mol. The summed E-state index contributed by atoms with van der Waals surface area (Å²) in [6.45, 7) is 3.46. The van der Waals surface area contributed by atoms with Gasteiger partial charge in [-0.3, -0.25) is 9.59 Å². The summed E-state index contributed by atoms with van der Waals surface area (Å²) in [7, 11) is 0. The van der Waals surface area contributed by atoms with Crippen LogP contribution in [0, 0.1) is 6.92 Å². The number of rotatable bonds is 2. The van der Waals surface area contributed by atoms with E-state index in [0.29, 0.717) is 17.9 Å². The van der Waals surface area contributed by atoms with Crippen molar-refractivity contribution >= 4 is 23.3 Å². The fourth-order valence-corrected chi connectivity index (χ4v) is 4.17. The van der Waals surface area contributed by atoms with Gasteiger partial charge in [-0.1, -0.05) is 35.9 Å². The Balaban J connectivity index is 1.73. The fraction of sp³-hybridized carbons (Fsp3) is 0.333. The van der Waals surface area contributed by atoms with Crippen molar-refractivity contribution in [2.75, 3.05) is 13.1 Å². The summed E-state index contributed by atoms with van der Waals surface area (Å²) >= 11 is 5.98. The Morgan fingerprint density at radius 1 is 1.00 bits per heavy atom. The molecule has 0 aliphatic carbocycles. The van der Waals surface area contributed by atoms with Gasteiger partial charge < -0.3 is 10.6 Å². The first-order valence-corrected chi connectivity index (χ1v) is 9.31. The quantitative estimate of drug-likeness (QED) is 0.800. The number of hydrogen-bond acceptors (Lipinski definition) is 3. The van der Waals surface area contributed by atoms with Crippen LogP contribution >= 0.6 is 11.6 Å². The van der Waals surface area contributed by atoms with Gasteiger partial charge in [0.2, 0.25) is 5.91 Å². The molecule has 134 valence electrons. The number of piperidine rings is 1. The number of carbonyl (C=O) groups is 2. The van der Waals surface area contributed by atoms with Crippen LogP contribution in [0.1, 0.15) is 29.9 Å². The molecule has 0 saturated carbocycles. The van der Waals surface area contributed by atoms with E-state index in [0.717, 1.165) is 35.3 Å². The lowest BCUT2D eigenvalue weighted by Crippen LogP contribution is -2.53. The minimum Gasteiger partial charge on any atom is -0.343 e.